The summed E-state index contributed by atoms with van der Waals surface area (Å²) < 4.78 is 13.0. The highest BCUT2D eigenvalue weighted by Gasteiger charge is 1.99. The lowest BCUT2D eigenvalue weighted by Gasteiger charge is -1.93. The highest BCUT2D eigenvalue weighted by Crippen LogP contribution is 2.10. The molecule has 68 valence electrons. The minimum atomic E-state index is -0.448. The molecule has 1 heterocycles. The summed E-state index contributed by atoms with van der Waals surface area (Å²) in [5, 5.41) is 0.247. The van der Waals surface area contributed by atoms with Gasteiger partial charge in [-0.2, -0.15) is 12.6 Å². The molecule has 1 aromatic heterocycles. The SMILES string of the molecule is Fc1cnc(Cl)cc1C#CCCS. The van der Waals surface area contributed by atoms with Crippen LogP contribution in [0.3, 0.4) is 0 Å². The van der Waals surface area contributed by atoms with Gasteiger partial charge in [-0.25, -0.2) is 9.37 Å². The fourth-order valence-corrected chi connectivity index (χ4v) is 0.992. The Morgan fingerprint density at radius 1 is 1.62 bits per heavy atom. The van der Waals surface area contributed by atoms with Crippen LogP contribution in [0, 0.1) is 17.7 Å². The van der Waals surface area contributed by atoms with E-state index in [1.165, 1.54) is 6.07 Å². The summed E-state index contributed by atoms with van der Waals surface area (Å²) in [6.45, 7) is 0. The molecule has 0 saturated carbocycles. The highest BCUT2D eigenvalue weighted by atomic mass is 35.5. The number of thiol groups is 1. The molecule has 0 amide bonds. The molecular weight excluding hydrogens is 209 g/mol. The third-order valence-corrected chi connectivity index (χ3v) is 1.71. The molecule has 0 bridgehead atoms. The fourth-order valence-electron chi connectivity index (χ4n) is 0.723. The van der Waals surface area contributed by atoms with Gasteiger partial charge in [-0.15, -0.1) is 0 Å². The number of aromatic nitrogens is 1. The zero-order valence-electron chi connectivity index (χ0n) is 6.72. The van der Waals surface area contributed by atoms with Crippen molar-refractivity contribution < 1.29 is 4.39 Å². The summed E-state index contributed by atoms with van der Waals surface area (Å²) in [5.41, 5.74) is 0.279. The Balaban J connectivity index is 2.89. The predicted octanol–water partition coefficient (Wildman–Crippen LogP) is 2.55. The average Bonchev–Trinajstić information content (AvgIpc) is 2.11. The molecule has 4 heteroatoms. The summed E-state index contributed by atoms with van der Waals surface area (Å²) in [6, 6.07) is 1.41. The Morgan fingerprint density at radius 2 is 2.38 bits per heavy atom. The molecule has 1 rings (SSSR count). The molecule has 1 aromatic rings. The standard InChI is InChI=1S/C9H7ClFNS/c10-9-5-7(3-1-2-4-13)8(11)6-12-9/h5-6,13H,2,4H2. The third kappa shape index (κ3) is 3.25. The van der Waals surface area contributed by atoms with Gasteiger partial charge >= 0.3 is 0 Å². The first kappa shape index (κ1) is 10.4. The average molecular weight is 216 g/mol. The second-order valence-corrected chi connectivity index (χ2v) is 3.10. The highest BCUT2D eigenvalue weighted by molar-refractivity contribution is 7.80. The van der Waals surface area contributed by atoms with Crippen molar-refractivity contribution >= 4 is 24.2 Å². The number of pyridine rings is 1. The summed E-state index contributed by atoms with van der Waals surface area (Å²) >= 11 is 9.55. The molecule has 0 N–H and O–H groups in total. The molecular formula is C9H7ClFNS. The molecule has 0 atom stereocenters. The van der Waals surface area contributed by atoms with Gasteiger partial charge in [0.25, 0.3) is 0 Å². The van der Waals surface area contributed by atoms with E-state index in [1.54, 1.807) is 0 Å². The van der Waals surface area contributed by atoms with E-state index in [4.69, 9.17) is 11.6 Å². The number of halogens is 2. The lowest BCUT2D eigenvalue weighted by Crippen LogP contribution is -1.86. The molecule has 0 aliphatic heterocycles. The van der Waals surface area contributed by atoms with Crippen molar-refractivity contribution in [3.63, 3.8) is 0 Å². The van der Waals surface area contributed by atoms with Crippen molar-refractivity contribution in [3.05, 3.63) is 28.8 Å². The van der Waals surface area contributed by atoms with Crippen LogP contribution in [-0.4, -0.2) is 10.7 Å². The van der Waals surface area contributed by atoms with E-state index >= 15 is 0 Å². The van der Waals surface area contributed by atoms with Gasteiger partial charge in [0.1, 0.15) is 5.15 Å². The molecule has 0 spiro atoms. The van der Waals surface area contributed by atoms with Crippen LogP contribution in [0.25, 0.3) is 0 Å². The maximum absolute atomic E-state index is 13.0. The van der Waals surface area contributed by atoms with Crippen LogP contribution >= 0.6 is 24.2 Å². The number of hydrogen-bond donors (Lipinski definition) is 1. The van der Waals surface area contributed by atoms with Crippen molar-refractivity contribution in [1.29, 1.82) is 0 Å². The van der Waals surface area contributed by atoms with E-state index in [9.17, 15) is 4.39 Å². The summed E-state index contributed by atoms with van der Waals surface area (Å²) in [6.07, 6.45) is 1.69. The molecule has 0 aliphatic carbocycles. The molecule has 0 unspecified atom stereocenters. The smallest absolute Gasteiger partial charge is 0.157 e. The minimum absolute atomic E-state index is 0.247. The monoisotopic (exact) mass is 215 g/mol. The van der Waals surface area contributed by atoms with E-state index in [1.807, 2.05) is 0 Å². The predicted molar refractivity (Wildman–Crippen MR) is 54.6 cm³/mol. The third-order valence-electron chi connectivity index (χ3n) is 1.28. The normalized spacial score (nSPS) is 9.15. The van der Waals surface area contributed by atoms with E-state index in [0.717, 1.165) is 6.20 Å². The first-order valence-corrected chi connectivity index (χ1v) is 4.66. The Hall–Kier alpha value is -0.720. The maximum atomic E-state index is 13.0. The summed E-state index contributed by atoms with van der Waals surface area (Å²) in [5.74, 6) is 5.63. The zero-order valence-corrected chi connectivity index (χ0v) is 8.37. The molecule has 0 saturated heterocycles. The summed E-state index contributed by atoms with van der Waals surface area (Å²) in [7, 11) is 0. The van der Waals surface area contributed by atoms with Crippen molar-refractivity contribution in [2.75, 3.05) is 5.75 Å². The fraction of sp³-hybridized carbons (Fsp3) is 0.222. The first-order chi connectivity index (χ1) is 6.24. The minimum Gasteiger partial charge on any atom is -0.241 e. The Labute approximate surface area is 86.7 Å². The zero-order chi connectivity index (χ0) is 9.68. The largest absolute Gasteiger partial charge is 0.241 e. The van der Waals surface area contributed by atoms with Gasteiger partial charge in [-0.3, -0.25) is 0 Å². The van der Waals surface area contributed by atoms with Gasteiger partial charge in [0.05, 0.1) is 11.8 Å². The second kappa shape index (κ2) is 5.11. The van der Waals surface area contributed by atoms with E-state index in [2.05, 4.69) is 29.5 Å². The van der Waals surface area contributed by atoms with Gasteiger partial charge in [0.15, 0.2) is 5.82 Å². The quantitative estimate of drug-likeness (QED) is 0.432. The van der Waals surface area contributed by atoms with Crippen molar-refractivity contribution in [2.24, 2.45) is 0 Å². The lowest BCUT2D eigenvalue weighted by molar-refractivity contribution is 0.618. The van der Waals surface area contributed by atoms with Crippen LogP contribution in [0.1, 0.15) is 12.0 Å². The van der Waals surface area contributed by atoms with Crippen LogP contribution in [0.2, 0.25) is 5.15 Å². The van der Waals surface area contributed by atoms with Crippen molar-refractivity contribution in [3.8, 4) is 11.8 Å². The van der Waals surface area contributed by atoms with Crippen molar-refractivity contribution in [2.45, 2.75) is 6.42 Å². The number of nitrogens with zero attached hydrogens (tertiary/aromatic N) is 1. The van der Waals surface area contributed by atoms with Crippen LogP contribution in [-0.2, 0) is 0 Å². The van der Waals surface area contributed by atoms with Gasteiger partial charge in [0, 0.05) is 12.2 Å². The lowest BCUT2D eigenvalue weighted by atomic mass is 10.2. The molecule has 0 aliphatic rings. The van der Waals surface area contributed by atoms with Crippen LogP contribution in [0.4, 0.5) is 4.39 Å². The van der Waals surface area contributed by atoms with E-state index < -0.39 is 5.82 Å². The number of rotatable bonds is 1. The van der Waals surface area contributed by atoms with Crippen molar-refractivity contribution in [1.82, 2.24) is 4.98 Å². The molecule has 1 nitrogen and oxygen atoms in total. The molecule has 0 aromatic carbocycles. The first-order valence-electron chi connectivity index (χ1n) is 3.65. The van der Waals surface area contributed by atoms with Crippen LogP contribution in [0.5, 0.6) is 0 Å². The molecule has 13 heavy (non-hydrogen) atoms. The Bertz CT molecular complexity index is 356. The Morgan fingerprint density at radius 3 is 3.08 bits per heavy atom. The number of hydrogen-bond acceptors (Lipinski definition) is 2. The summed E-state index contributed by atoms with van der Waals surface area (Å²) in [4.78, 5) is 3.58. The van der Waals surface area contributed by atoms with Gasteiger partial charge in [0.2, 0.25) is 0 Å². The van der Waals surface area contributed by atoms with Crippen LogP contribution in [0.15, 0.2) is 12.3 Å². The van der Waals surface area contributed by atoms with Gasteiger partial charge in [-0.05, 0) is 6.07 Å². The van der Waals surface area contributed by atoms with Gasteiger partial charge < -0.3 is 0 Å². The van der Waals surface area contributed by atoms with Gasteiger partial charge in [-0.1, -0.05) is 23.4 Å². The van der Waals surface area contributed by atoms with E-state index in [-0.39, 0.29) is 10.7 Å². The second-order valence-electron chi connectivity index (χ2n) is 2.26. The Kier molecular flexibility index (Phi) is 4.07. The topological polar surface area (TPSA) is 12.9 Å². The molecule has 0 radical (unpaired) electrons. The van der Waals surface area contributed by atoms with Crippen LogP contribution < -0.4 is 0 Å². The van der Waals surface area contributed by atoms with E-state index in [0.29, 0.717) is 12.2 Å². The molecule has 0 fully saturated rings. The maximum Gasteiger partial charge on any atom is 0.157 e.